The molecule has 4 nitrogen and oxygen atoms in total. The van der Waals surface area contributed by atoms with E-state index in [9.17, 15) is 18.0 Å². The van der Waals surface area contributed by atoms with Gasteiger partial charge in [0.1, 0.15) is 5.75 Å². The fourth-order valence-electron chi connectivity index (χ4n) is 2.50. The van der Waals surface area contributed by atoms with Gasteiger partial charge in [-0.25, -0.2) is 4.79 Å². The van der Waals surface area contributed by atoms with Crippen molar-refractivity contribution in [1.29, 1.82) is 0 Å². The third-order valence-corrected chi connectivity index (χ3v) is 4.40. The van der Waals surface area contributed by atoms with Gasteiger partial charge in [-0.1, -0.05) is 18.2 Å². The second-order valence-electron chi connectivity index (χ2n) is 5.75. The van der Waals surface area contributed by atoms with Gasteiger partial charge >= 0.3 is 12.1 Å². The highest BCUT2D eigenvalue weighted by Crippen LogP contribution is 2.32. The van der Waals surface area contributed by atoms with Crippen molar-refractivity contribution in [3.8, 4) is 17.0 Å². The molecule has 0 aliphatic rings. The Morgan fingerprint density at radius 3 is 2.56 bits per heavy atom. The number of fused-ring (bicyclic) bond motifs is 1. The van der Waals surface area contributed by atoms with Gasteiger partial charge < -0.3 is 14.5 Å². The fourth-order valence-corrected chi connectivity index (χ4v) is 3.00. The number of ether oxygens (including phenoxy) is 2. The Labute approximate surface area is 161 Å². The number of carbonyl (C=O) groups excluding carboxylic acids is 1. The van der Waals surface area contributed by atoms with Crippen LogP contribution < -0.4 is 4.74 Å². The lowest BCUT2D eigenvalue weighted by molar-refractivity contribution is -0.199. The molecular weight excluding hydrogens is 427 g/mol. The normalized spacial score (nSPS) is 11.6. The topological polar surface area (TPSA) is 51.3 Å². The van der Waals surface area contributed by atoms with Gasteiger partial charge in [0.05, 0.1) is 17.7 Å². The number of hydrogen-bond acceptors (Lipinski definition) is 3. The first kappa shape index (κ1) is 19.3. The molecule has 0 fully saturated rings. The van der Waals surface area contributed by atoms with E-state index >= 15 is 0 Å². The average molecular weight is 442 g/mol. The Hall–Kier alpha value is -2.48. The number of carbonyl (C=O) groups is 1. The number of para-hydroxylation sites is 1. The molecule has 2 aromatic carbocycles. The van der Waals surface area contributed by atoms with E-state index in [1.165, 1.54) is 0 Å². The van der Waals surface area contributed by atoms with Crippen LogP contribution >= 0.6 is 15.9 Å². The average Bonchev–Trinajstić information content (AvgIpc) is 3.05. The van der Waals surface area contributed by atoms with Gasteiger partial charge in [-0.3, -0.25) is 0 Å². The number of nitrogens with one attached hydrogen (secondary N) is 1. The van der Waals surface area contributed by atoms with Crippen molar-refractivity contribution in [3.05, 3.63) is 53.0 Å². The summed E-state index contributed by atoms with van der Waals surface area (Å²) in [6.07, 6.45) is -4.82. The third kappa shape index (κ3) is 4.82. The van der Waals surface area contributed by atoms with E-state index in [4.69, 9.17) is 4.74 Å². The number of benzene rings is 2. The molecule has 0 saturated heterocycles. The SMILES string of the molecule is O=C(OCCCOc1ccc(-c2cc3ccccc3[nH]2)cc1Br)C(F)(F)F. The van der Waals surface area contributed by atoms with E-state index in [0.717, 1.165) is 22.2 Å². The standard InChI is InChI=1S/C19H15BrF3NO3/c20-14-10-13(16-11-12-4-1-2-5-15(12)24-16)6-7-17(14)26-8-3-9-27-18(25)19(21,22)23/h1-2,4-7,10-11,24H,3,8-9H2. The predicted molar refractivity (Wildman–Crippen MR) is 98.6 cm³/mol. The molecular formula is C19H15BrF3NO3. The summed E-state index contributed by atoms with van der Waals surface area (Å²) in [6.45, 7) is -0.238. The van der Waals surface area contributed by atoms with Crippen LogP contribution in [0.3, 0.4) is 0 Å². The number of aromatic amines is 1. The van der Waals surface area contributed by atoms with E-state index in [1.54, 1.807) is 6.07 Å². The van der Waals surface area contributed by atoms with Crippen molar-refractivity contribution < 1.29 is 27.4 Å². The van der Waals surface area contributed by atoms with Crippen LogP contribution in [0.2, 0.25) is 0 Å². The first-order chi connectivity index (χ1) is 12.8. The van der Waals surface area contributed by atoms with Gasteiger partial charge in [0.2, 0.25) is 0 Å². The van der Waals surface area contributed by atoms with Crippen LogP contribution in [0.15, 0.2) is 53.0 Å². The molecule has 0 aliphatic heterocycles. The maximum Gasteiger partial charge on any atom is 0.490 e. The van der Waals surface area contributed by atoms with Crippen LogP contribution in [0.1, 0.15) is 6.42 Å². The molecule has 142 valence electrons. The quantitative estimate of drug-likeness (QED) is 0.407. The first-order valence-corrected chi connectivity index (χ1v) is 8.88. The van der Waals surface area contributed by atoms with Crippen molar-refractivity contribution in [2.24, 2.45) is 0 Å². The molecule has 0 spiro atoms. The van der Waals surface area contributed by atoms with E-state index in [-0.39, 0.29) is 19.6 Å². The van der Waals surface area contributed by atoms with E-state index in [0.29, 0.717) is 10.2 Å². The zero-order chi connectivity index (χ0) is 19.4. The minimum atomic E-state index is -4.97. The lowest BCUT2D eigenvalue weighted by Crippen LogP contribution is -2.26. The van der Waals surface area contributed by atoms with E-state index < -0.39 is 12.1 Å². The first-order valence-electron chi connectivity index (χ1n) is 8.09. The van der Waals surface area contributed by atoms with Crippen LogP contribution in [-0.2, 0) is 9.53 Å². The van der Waals surface area contributed by atoms with Gasteiger partial charge in [0, 0.05) is 23.0 Å². The third-order valence-electron chi connectivity index (χ3n) is 3.78. The molecule has 0 radical (unpaired) electrons. The molecule has 0 atom stereocenters. The molecule has 1 N–H and O–H groups in total. The van der Waals surface area contributed by atoms with Gasteiger partial charge in [-0.05, 0) is 51.8 Å². The zero-order valence-corrected chi connectivity index (χ0v) is 15.6. The summed E-state index contributed by atoms with van der Waals surface area (Å²) in [4.78, 5) is 13.9. The molecule has 3 aromatic rings. The van der Waals surface area contributed by atoms with Crippen LogP contribution in [0.25, 0.3) is 22.2 Å². The van der Waals surface area contributed by atoms with Gasteiger partial charge in [-0.2, -0.15) is 13.2 Å². The number of esters is 1. The maximum atomic E-state index is 12.0. The number of rotatable bonds is 6. The molecule has 8 heteroatoms. The minimum absolute atomic E-state index is 0.121. The maximum absolute atomic E-state index is 12.0. The number of halogens is 4. The van der Waals surface area contributed by atoms with Crippen LogP contribution in [0.4, 0.5) is 13.2 Å². The lowest BCUT2D eigenvalue weighted by Gasteiger charge is -2.10. The van der Waals surface area contributed by atoms with Crippen molar-refractivity contribution >= 4 is 32.8 Å². The molecule has 27 heavy (non-hydrogen) atoms. The summed E-state index contributed by atoms with van der Waals surface area (Å²) in [5.74, 6) is -1.64. The Morgan fingerprint density at radius 2 is 1.85 bits per heavy atom. The summed E-state index contributed by atoms with van der Waals surface area (Å²) in [5.41, 5.74) is 2.96. The van der Waals surface area contributed by atoms with Crippen molar-refractivity contribution in [3.63, 3.8) is 0 Å². The Bertz CT molecular complexity index is 920. The summed E-state index contributed by atoms with van der Waals surface area (Å²) >= 11 is 3.43. The van der Waals surface area contributed by atoms with Crippen LogP contribution in [-0.4, -0.2) is 30.3 Å². The highest BCUT2D eigenvalue weighted by molar-refractivity contribution is 9.10. The lowest BCUT2D eigenvalue weighted by atomic mass is 10.1. The number of H-pyrrole nitrogens is 1. The molecule has 1 heterocycles. The highest BCUT2D eigenvalue weighted by atomic mass is 79.9. The molecule has 0 amide bonds. The summed E-state index contributed by atoms with van der Waals surface area (Å²) in [5, 5.41) is 1.11. The summed E-state index contributed by atoms with van der Waals surface area (Å²) in [7, 11) is 0. The Morgan fingerprint density at radius 1 is 1.07 bits per heavy atom. The Balaban J connectivity index is 1.56. The van der Waals surface area contributed by atoms with Gasteiger partial charge in [0.15, 0.2) is 0 Å². The van der Waals surface area contributed by atoms with Crippen molar-refractivity contribution in [1.82, 2.24) is 4.98 Å². The second kappa shape index (κ2) is 8.04. The molecule has 1 aromatic heterocycles. The molecule has 0 aliphatic carbocycles. The minimum Gasteiger partial charge on any atom is -0.492 e. The van der Waals surface area contributed by atoms with Gasteiger partial charge in [0.25, 0.3) is 0 Å². The number of aromatic nitrogens is 1. The zero-order valence-electron chi connectivity index (χ0n) is 14.0. The monoisotopic (exact) mass is 441 g/mol. The largest absolute Gasteiger partial charge is 0.492 e. The molecule has 0 saturated carbocycles. The van der Waals surface area contributed by atoms with E-state index in [2.05, 4.69) is 25.7 Å². The predicted octanol–water partition coefficient (Wildman–Crippen LogP) is 5.47. The van der Waals surface area contributed by atoms with Gasteiger partial charge in [-0.15, -0.1) is 0 Å². The van der Waals surface area contributed by atoms with Crippen molar-refractivity contribution in [2.75, 3.05) is 13.2 Å². The number of hydrogen-bond donors (Lipinski definition) is 1. The molecule has 3 rings (SSSR count). The fraction of sp³-hybridized carbons (Fsp3) is 0.211. The summed E-state index contributed by atoms with van der Waals surface area (Å²) < 4.78 is 46.4. The smallest absolute Gasteiger partial charge is 0.490 e. The molecule has 0 unspecified atom stereocenters. The Kier molecular flexibility index (Phi) is 5.74. The molecule has 0 bridgehead atoms. The number of alkyl halides is 3. The van der Waals surface area contributed by atoms with Crippen molar-refractivity contribution in [2.45, 2.75) is 12.6 Å². The highest BCUT2D eigenvalue weighted by Gasteiger charge is 2.40. The van der Waals surface area contributed by atoms with E-state index in [1.807, 2.05) is 42.5 Å². The van der Waals surface area contributed by atoms with Crippen LogP contribution in [0.5, 0.6) is 5.75 Å². The second-order valence-corrected chi connectivity index (χ2v) is 6.61. The van der Waals surface area contributed by atoms with Crippen LogP contribution in [0, 0.1) is 0 Å². The summed E-state index contributed by atoms with van der Waals surface area (Å²) in [6, 6.07) is 15.5.